The highest BCUT2D eigenvalue weighted by atomic mass is 19.1. The number of carbonyl (C=O) groups excluding carboxylic acids is 1. The van der Waals surface area contributed by atoms with E-state index in [1.165, 1.54) is 12.3 Å². The standard InChI is InChI=1S/C23H25FN2O3/c1-17(18-8-3-2-4-9-18)28-15-7-14-25-22(27)12-13-23-26-16-21(29-23)19-10-5-6-11-20(19)24/h2-6,8-11,16-17H,7,12-15H2,1H3,(H,25,27). The van der Waals surface area contributed by atoms with Gasteiger partial charge in [-0.2, -0.15) is 0 Å². The Labute approximate surface area is 169 Å². The van der Waals surface area contributed by atoms with E-state index in [2.05, 4.69) is 10.3 Å². The molecule has 0 saturated heterocycles. The van der Waals surface area contributed by atoms with Crippen LogP contribution >= 0.6 is 0 Å². The number of hydrogen-bond donors (Lipinski definition) is 1. The minimum Gasteiger partial charge on any atom is -0.441 e. The van der Waals surface area contributed by atoms with Gasteiger partial charge in [-0.05, 0) is 31.0 Å². The van der Waals surface area contributed by atoms with E-state index in [4.69, 9.17) is 9.15 Å². The van der Waals surface area contributed by atoms with Crippen molar-refractivity contribution in [2.45, 2.75) is 32.3 Å². The van der Waals surface area contributed by atoms with Crippen LogP contribution in [-0.4, -0.2) is 24.0 Å². The number of aryl methyl sites for hydroxylation is 1. The van der Waals surface area contributed by atoms with Crippen LogP contribution in [0.3, 0.4) is 0 Å². The summed E-state index contributed by atoms with van der Waals surface area (Å²) in [6.07, 6.45) is 2.87. The van der Waals surface area contributed by atoms with Gasteiger partial charge in [-0.1, -0.05) is 42.5 Å². The summed E-state index contributed by atoms with van der Waals surface area (Å²) in [5.74, 6) is 0.338. The second-order valence-corrected chi connectivity index (χ2v) is 6.73. The number of benzene rings is 2. The average Bonchev–Trinajstić information content (AvgIpc) is 3.21. The predicted octanol–water partition coefficient (Wildman–Crippen LogP) is 4.70. The Morgan fingerprint density at radius 1 is 1.17 bits per heavy atom. The monoisotopic (exact) mass is 396 g/mol. The maximum Gasteiger partial charge on any atom is 0.220 e. The third kappa shape index (κ3) is 6.26. The van der Waals surface area contributed by atoms with Crippen molar-refractivity contribution in [3.63, 3.8) is 0 Å². The smallest absolute Gasteiger partial charge is 0.220 e. The lowest BCUT2D eigenvalue weighted by atomic mass is 10.1. The van der Waals surface area contributed by atoms with Gasteiger partial charge in [-0.25, -0.2) is 9.37 Å². The predicted molar refractivity (Wildman–Crippen MR) is 109 cm³/mol. The molecule has 29 heavy (non-hydrogen) atoms. The van der Waals surface area contributed by atoms with Crippen molar-refractivity contribution in [1.29, 1.82) is 0 Å². The molecule has 0 aliphatic rings. The fraction of sp³-hybridized carbons (Fsp3) is 0.304. The van der Waals surface area contributed by atoms with Gasteiger partial charge in [0.1, 0.15) is 5.82 Å². The first-order valence-corrected chi connectivity index (χ1v) is 9.76. The molecule has 1 amide bonds. The van der Waals surface area contributed by atoms with Crippen LogP contribution in [0.2, 0.25) is 0 Å². The number of amides is 1. The van der Waals surface area contributed by atoms with E-state index >= 15 is 0 Å². The van der Waals surface area contributed by atoms with Gasteiger partial charge >= 0.3 is 0 Å². The summed E-state index contributed by atoms with van der Waals surface area (Å²) in [5, 5.41) is 2.87. The first kappa shape index (κ1) is 20.7. The van der Waals surface area contributed by atoms with Gasteiger partial charge < -0.3 is 14.5 Å². The van der Waals surface area contributed by atoms with Crippen molar-refractivity contribution in [3.8, 4) is 11.3 Å². The Balaban J connectivity index is 1.33. The summed E-state index contributed by atoms with van der Waals surface area (Å²) in [6, 6.07) is 16.4. The number of aromatic nitrogens is 1. The molecule has 0 aliphatic carbocycles. The van der Waals surface area contributed by atoms with Crippen molar-refractivity contribution in [2.24, 2.45) is 0 Å². The van der Waals surface area contributed by atoms with Crippen LogP contribution in [0.4, 0.5) is 4.39 Å². The molecule has 3 aromatic rings. The van der Waals surface area contributed by atoms with Gasteiger partial charge in [0.25, 0.3) is 0 Å². The lowest BCUT2D eigenvalue weighted by molar-refractivity contribution is -0.121. The Bertz CT molecular complexity index is 911. The molecular weight excluding hydrogens is 371 g/mol. The minimum absolute atomic E-state index is 0.0283. The Hall–Kier alpha value is -2.99. The van der Waals surface area contributed by atoms with Crippen LogP contribution in [0.15, 0.2) is 65.2 Å². The van der Waals surface area contributed by atoms with Crippen molar-refractivity contribution >= 4 is 5.91 Å². The third-order valence-electron chi connectivity index (χ3n) is 4.54. The third-order valence-corrected chi connectivity index (χ3v) is 4.54. The van der Waals surface area contributed by atoms with Crippen molar-refractivity contribution in [2.75, 3.05) is 13.2 Å². The first-order chi connectivity index (χ1) is 14.1. The Morgan fingerprint density at radius 3 is 2.72 bits per heavy atom. The molecule has 0 saturated carbocycles. The highest BCUT2D eigenvalue weighted by Gasteiger charge is 2.11. The SMILES string of the molecule is CC(OCCCNC(=O)CCc1ncc(-c2ccccc2F)o1)c1ccccc1. The zero-order valence-corrected chi connectivity index (χ0v) is 16.4. The van der Waals surface area contributed by atoms with E-state index < -0.39 is 0 Å². The number of carbonyl (C=O) groups is 1. The number of ether oxygens (including phenoxy) is 1. The van der Waals surface area contributed by atoms with Gasteiger partial charge in [-0.3, -0.25) is 4.79 Å². The van der Waals surface area contributed by atoms with Crippen LogP contribution in [0.5, 0.6) is 0 Å². The van der Waals surface area contributed by atoms with Gasteiger partial charge in [0.15, 0.2) is 11.7 Å². The van der Waals surface area contributed by atoms with Gasteiger partial charge in [0.2, 0.25) is 5.91 Å². The molecule has 2 aromatic carbocycles. The molecule has 152 valence electrons. The summed E-state index contributed by atoms with van der Waals surface area (Å²) >= 11 is 0. The first-order valence-electron chi connectivity index (χ1n) is 9.76. The van der Waals surface area contributed by atoms with E-state index in [1.54, 1.807) is 18.2 Å². The van der Waals surface area contributed by atoms with E-state index in [-0.39, 0.29) is 24.2 Å². The van der Waals surface area contributed by atoms with Crippen molar-refractivity contribution < 1.29 is 18.3 Å². The van der Waals surface area contributed by atoms with E-state index in [0.717, 1.165) is 12.0 Å². The summed E-state index contributed by atoms with van der Waals surface area (Å²) in [6.45, 7) is 3.13. The summed E-state index contributed by atoms with van der Waals surface area (Å²) in [7, 11) is 0. The minimum atomic E-state index is -0.364. The van der Waals surface area contributed by atoms with Gasteiger partial charge in [0, 0.05) is 26.0 Å². The molecule has 0 aliphatic heterocycles. The van der Waals surface area contributed by atoms with E-state index in [9.17, 15) is 9.18 Å². The highest BCUT2D eigenvalue weighted by molar-refractivity contribution is 5.76. The number of rotatable bonds is 10. The van der Waals surface area contributed by atoms with Crippen molar-refractivity contribution in [3.05, 3.63) is 78.1 Å². The van der Waals surface area contributed by atoms with Crippen LogP contribution in [0.25, 0.3) is 11.3 Å². The molecule has 0 radical (unpaired) electrons. The highest BCUT2D eigenvalue weighted by Crippen LogP contribution is 2.23. The van der Waals surface area contributed by atoms with Gasteiger partial charge in [-0.15, -0.1) is 0 Å². The number of hydrogen-bond acceptors (Lipinski definition) is 4. The second-order valence-electron chi connectivity index (χ2n) is 6.73. The summed E-state index contributed by atoms with van der Waals surface area (Å²) in [4.78, 5) is 16.1. The maximum absolute atomic E-state index is 13.8. The Morgan fingerprint density at radius 2 is 1.93 bits per heavy atom. The molecule has 5 nitrogen and oxygen atoms in total. The number of oxazole rings is 1. The summed E-state index contributed by atoms with van der Waals surface area (Å²) < 4.78 is 25.1. The van der Waals surface area contributed by atoms with Crippen LogP contribution < -0.4 is 5.32 Å². The maximum atomic E-state index is 13.8. The zero-order chi connectivity index (χ0) is 20.5. The molecule has 1 atom stereocenters. The number of nitrogens with one attached hydrogen (secondary N) is 1. The van der Waals surface area contributed by atoms with Crippen LogP contribution in [0.1, 0.15) is 37.3 Å². The molecule has 1 N–H and O–H groups in total. The quantitative estimate of drug-likeness (QED) is 0.505. The Kier molecular flexibility index (Phi) is 7.53. The molecule has 0 spiro atoms. The fourth-order valence-corrected chi connectivity index (χ4v) is 2.90. The molecule has 6 heteroatoms. The normalized spacial score (nSPS) is 11.9. The molecule has 3 rings (SSSR count). The molecule has 0 fully saturated rings. The number of halogens is 1. The van der Waals surface area contributed by atoms with Gasteiger partial charge in [0.05, 0.1) is 17.9 Å². The van der Waals surface area contributed by atoms with Crippen LogP contribution in [0, 0.1) is 5.82 Å². The van der Waals surface area contributed by atoms with Crippen LogP contribution in [-0.2, 0) is 16.0 Å². The summed E-state index contributed by atoms with van der Waals surface area (Å²) in [5.41, 5.74) is 1.50. The lowest BCUT2D eigenvalue weighted by Gasteiger charge is -2.13. The number of nitrogens with zero attached hydrogens (tertiary/aromatic N) is 1. The molecule has 1 unspecified atom stereocenters. The lowest BCUT2D eigenvalue weighted by Crippen LogP contribution is -2.25. The zero-order valence-electron chi connectivity index (χ0n) is 16.4. The van der Waals surface area contributed by atoms with E-state index in [1.807, 2.05) is 37.3 Å². The largest absolute Gasteiger partial charge is 0.441 e. The average molecular weight is 396 g/mol. The second kappa shape index (κ2) is 10.5. The van der Waals surface area contributed by atoms with E-state index in [0.29, 0.717) is 36.8 Å². The molecular formula is C23H25FN2O3. The topological polar surface area (TPSA) is 64.4 Å². The fourth-order valence-electron chi connectivity index (χ4n) is 2.90. The molecule has 1 aromatic heterocycles. The molecule has 0 bridgehead atoms. The molecule has 1 heterocycles. The van der Waals surface area contributed by atoms with Crippen molar-refractivity contribution in [1.82, 2.24) is 10.3 Å².